The molecule has 0 atom stereocenters. The highest BCUT2D eigenvalue weighted by atomic mass is 32.2. The molecule has 0 aliphatic rings. The third-order valence-electron chi connectivity index (χ3n) is 8.40. The first-order valence-corrected chi connectivity index (χ1v) is 19.6. The summed E-state index contributed by atoms with van der Waals surface area (Å²) in [6.07, 6.45) is 0. The zero-order valence-electron chi connectivity index (χ0n) is 28.5. The summed E-state index contributed by atoms with van der Waals surface area (Å²) in [6.45, 7) is 1.91. The van der Waals surface area contributed by atoms with E-state index in [-0.39, 0.29) is 19.6 Å². The van der Waals surface area contributed by atoms with Gasteiger partial charge in [-0.2, -0.15) is 0 Å². The molecule has 260 valence electrons. The molecule has 0 aliphatic heterocycles. The number of ether oxygens (including phenoxy) is 2. The zero-order chi connectivity index (χ0) is 36.8. The molecule has 0 amide bonds. The molecule has 0 saturated carbocycles. The SMILES string of the molecule is Cc1ccc(S(=O)(=O)c2ccc(Oc3ccc(-c4ccc(Oc5ccc(S(=O)(=O)c6ccc(C#Cc7ccccc7)cc6)cc5)cc4)cc3)cc2)cc1. The van der Waals surface area contributed by atoms with E-state index in [1.165, 1.54) is 12.1 Å². The second-order valence-electron chi connectivity index (χ2n) is 12.2. The van der Waals surface area contributed by atoms with Crippen LogP contribution in [0, 0.1) is 18.8 Å². The summed E-state index contributed by atoms with van der Waals surface area (Å²) in [5.74, 6) is 8.37. The normalized spacial score (nSPS) is 11.3. The molecule has 6 nitrogen and oxygen atoms in total. The van der Waals surface area contributed by atoms with Crippen LogP contribution in [0.15, 0.2) is 196 Å². The summed E-state index contributed by atoms with van der Waals surface area (Å²) in [6, 6.07) is 50.8. The number of hydrogen-bond donors (Lipinski definition) is 0. The van der Waals surface area contributed by atoms with Gasteiger partial charge >= 0.3 is 0 Å². The first-order valence-electron chi connectivity index (χ1n) is 16.6. The molecule has 0 aromatic heterocycles. The molecule has 0 fully saturated rings. The van der Waals surface area contributed by atoms with Gasteiger partial charge in [0.2, 0.25) is 19.7 Å². The average Bonchev–Trinajstić information content (AvgIpc) is 3.19. The molecule has 0 heterocycles. The van der Waals surface area contributed by atoms with Gasteiger partial charge in [-0.1, -0.05) is 72.0 Å². The number of benzene rings is 7. The summed E-state index contributed by atoms with van der Waals surface area (Å²) in [5.41, 5.74) is 4.54. The van der Waals surface area contributed by atoms with Crippen LogP contribution < -0.4 is 9.47 Å². The van der Waals surface area contributed by atoms with E-state index in [1.807, 2.05) is 85.8 Å². The summed E-state index contributed by atoms with van der Waals surface area (Å²) in [5, 5.41) is 0. The van der Waals surface area contributed by atoms with Gasteiger partial charge in [0.1, 0.15) is 23.0 Å². The molecule has 0 spiro atoms. The number of sulfone groups is 2. The van der Waals surface area contributed by atoms with Gasteiger partial charge in [0.05, 0.1) is 19.6 Å². The Morgan fingerprint density at radius 2 is 0.660 bits per heavy atom. The second-order valence-corrected chi connectivity index (χ2v) is 16.1. The van der Waals surface area contributed by atoms with E-state index in [1.54, 1.807) is 84.9 Å². The zero-order valence-corrected chi connectivity index (χ0v) is 30.1. The Morgan fingerprint density at radius 3 is 1.04 bits per heavy atom. The van der Waals surface area contributed by atoms with E-state index in [4.69, 9.17) is 9.47 Å². The van der Waals surface area contributed by atoms with Gasteiger partial charge in [0.25, 0.3) is 0 Å². The minimum absolute atomic E-state index is 0.166. The van der Waals surface area contributed by atoms with Crippen LogP contribution in [0.3, 0.4) is 0 Å². The Hall–Kier alpha value is -6.40. The van der Waals surface area contributed by atoms with Crippen LogP contribution in [-0.4, -0.2) is 16.8 Å². The van der Waals surface area contributed by atoms with E-state index >= 15 is 0 Å². The maximum atomic E-state index is 13.3. The van der Waals surface area contributed by atoms with Crippen LogP contribution in [0.1, 0.15) is 16.7 Å². The topological polar surface area (TPSA) is 86.7 Å². The van der Waals surface area contributed by atoms with Crippen molar-refractivity contribution in [1.29, 1.82) is 0 Å². The largest absolute Gasteiger partial charge is 0.457 e. The van der Waals surface area contributed by atoms with Crippen molar-refractivity contribution in [3.63, 3.8) is 0 Å². The van der Waals surface area contributed by atoms with Crippen molar-refractivity contribution >= 4 is 19.7 Å². The summed E-state index contributed by atoms with van der Waals surface area (Å²) < 4.78 is 64.4. The molecule has 0 N–H and O–H groups in total. The third-order valence-corrected chi connectivity index (χ3v) is 12.0. The summed E-state index contributed by atoms with van der Waals surface area (Å²) in [7, 11) is -7.34. The fourth-order valence-corrected chi connectivity index (χ4v) is 7.97. The van der Waals surface area contributed by atoms with E-state index in [9.17, 15) is 16.8 Å². The Labute approximate surface area is 309 Å². The van der Waals surface area contributed by atoms with Crippen molar-refractivity contribution in [2.24, 2.45) is 0 Å². The number of hydrogen-bond acceptors (Lipinski definition) is 6. The molecule has 53 heavy (non-hydrogen) atoms. The van der Waals surface area contributed by atoms with E-state index in [0.29, 0.717) is 23.0 Å². The van der Waals surface area contributed by atoms with Crippen LogP contribution in [0.25, 0.3) is 11.1 Å². The third kappa shape index (κ3) is 8.23. The Kier molecular flexibility index (Phi) is 9.95. The average molecular weight is 733 g/mol. The lowest BCUT2D eigenvalue weighted by atomic mass is 10.1. The fourth-order valence-electron chi connectivity index (χ4n) is 5.45. The molecule has 7 aromatic carbocycles. The summed E-state index contributed by atoms with van der Waals surface area (Å²) in [4.78, 5) is 0.801. The molecule has 0 aliphatic carbocycles. The maximum Gasteiger partial charge on any atom is 0.206 e. The summed E-state index contributed by atoms with van der Waals surface area (Å²) >= 11 is 0. The van der Waals surface area contributed by atoms with Gasteiger partial charge in [-0.15, -0.1) is 0 Å². The quantitative estimate of drug-likeness (QED) is 0.137. The van der Waals surface area contributed by atoms with Gasteiger partial charge in [0, 0.05) is 11.1 Å². The van der Waals surface area contributed by atoms with E-state index < -0.39 is 19.7 Å². The molecule has 7 aromatic rings. The van der Waals surface area contributed by atoms with Crippen molar-refractivity contribution in [3.05, 3.63) is 193 Å². The van der Waals surface area contributed by atoms with Gasteiger partial charge in [0.15, 0.2) is 0 Å². The molecule has 0 radical (unpaired) electrons. The first-order chi connectivity index (χ1) is 25.6. The van der Waals surface area contributed by atoms with Crippen molar-refractivity contribution in [2.75, 3.05) is 0 Å². The maximum absolute atomic E-state index is 13.3. The van der Waals surface area contributed by atoms with Crippen LogP contribution in [0.2, 0.25) is 0 Å². The van der Waals surface area contributed by atoms with Crippen molar-refractivity contribution < 1.29 is 26.3 Å². The van der Waals surface area contributed by atoms with Crippen LogP contribution in [0.5, 0.6) is 23.0 Å². The van der Waals surface area contributed by atoms with E-state index in [0.717, 1.165) is 27.8 Å². The monoisotopic (exact) mass is 732 g/mol. The Balaban J connectivity index is 0.949. The molecule has 0 bridgehead atoms. The van der Waals surface area contributed by atoms with Gasteiger partial charge < -0.3 is 9.47 Å². The number of aryl methyl sites for hydroxylation is 1. The Morgan fingerprint density at radius 1 is 0.358 bits per heavy atom. The van der Waals surface area contributed by atoms with Crippen LogP contribution in [-0.2, 0) is 19.7 Å². The van der Waals surface area contributed by atoms with Crippen LogP contribution >= 0.6 is 0 Å². The van der Waals surface area contributed by atoms with Crippen molar-refractivity contribution in [2.45, 2.75) is 26.5 Å². The predicted molar refractivity (Wildman–Crippen MR) is 206 cm³/mol. The number of rotatable bonds is 9. The highest BCUT2D eigenvalue weighted by Gasteiger charge is 2.19. The molecular weight excluding hydrogens is 701 g/mol. The molecule has 0 saturated heterocycles. The highest BCUT2D eigenvalue weighted by molar-refractivity contribution is 7.91. The first kappa shape index (κ1) is 35.0. The Bertz CT molecular complexity index is 2620. The van der Waals surface area contributed by atoms with Crippen molar-refractivity contribution in [1.82, 2.24) is 0 Å². The second kappa shape index (κ2) is 15.1. The van der Waals surface area contributed by atoms with Gasteiger partial charge in [-0.05, 0) is 139 Å². The van der Waals surface area contributed by atoms with Crippen LogP contribution in [0.4, 0.5) is 0 Å². The van der Waals surface area contributed by atoms with Gasteiger partial charge in [-0.3, -0.25) is 0 Å². The standard InChI is InChI=1S/C45H32O6S2/c1-33-7-25-42(26-8-33)52(46,47)44-29-21-40(22-30-44)50-38-17-13-36(14-18-38)37-15-19-39(20-16-37)51-41-23-31-45(32-24-41)53(48,49)43-27-11-35(12-28-43)10-9-34-5-3-2-4-6-34/h2-8,11-32H,1H3. The lowest BCUT2D eigenvalue weighted by Crippen LogP contribution is -2.01. The lowest BCUT2D eigenvalue weighted by Gasteiger charge is -2.10. The van der Waals surface area contributed by atoms with Gasteiger partial charge in [-0.25, -0.2) is 16.8 Å². The van der Waals surface area contributed by atoms with E-state index in [2.05, 4.69) is 11.8 Å². The highest BCUT2D eigenvalue weighted by Crippen LogP contribution is 2.31. The molecule has 7 rings (SSSR count). The smallest absolute Gasteiger partial charge is 0.206 e. The minimum atomic E-state index is -3.72. The van der Waals surface area contributed by atoms with Crippen molar-refractivity contribution in [3.8, 4) is 46.0 Å². The minimum Gasteiger partial charge on any atom is -0.457 e. The molecular formula is C45H32O6S2. The fraction of sp³-hybridized carbons (Fsp3) is 0.0222. The molecule has 0 unspecified atom stereocenters. The predicted octanol–water partition coefficient (Wildman–Crippen LogP) is 10.3. The molecule has 8 heteroatoms. The lowest BCUT2D eigenvalue weighted by molar-refractivity contribution is 0.481.